The van der Waals surface area contributed by atoms with Crippen LogP contribution < -0.4 is 0 Å². The van der Waals surface area contributed by atoms with Gasteiger partial charge in [-0.2, -0.15) is 0 Å². The molecule has 0 atom stereocenters. The first kappa shape index (κ1) is 28.8. The van der Waals surface area contributed by atoms with E-state index in [2.05, 4.69) is 52.4 Å². The molecular weight excluding hydrogens is 589 g/mol. The number of pyridine rings is 4. The molecule has 0 unspecified atom stereocenters. The second kappa shape index (κ2) is 13.0. The molecule has 6 nitrogen and oxygen atoms in total. The van der Waals surface area contributed by atoms with E-state index in [1.165, 1.54) is 0 Å². The van der Waals surface area contributed by atoms with Gasteiger partial charge in [-0.1, -0.05) is 84.9 Å². The molecule has 5 heterocycles. The summed E-state index contributed by atoms with van der Waals surface area (Å²) in [4.78, 5) is 29.6. The van der Waals surface area contributed by atoms with Gasteiger partial charge in [-0.15, -0.1) is 0 Å². The lowest BCUT2D eigenvalue weighted by Gasteiger charge is -2.13. The quantitative estimate of drug-likeness (QED) is 0.177. The molecule has 0 fully saturated rings. The van der Waals surface area contributed by atoms with E-state index in [9.17, 15) is 0 Å². The van der Waals surface area contributed by atoms with Crippen LogP contribution in [-0.2, 0) is 0 Å². The molecule has 0 amide bonds. The van der Waals surface area contributed by atoms with Crippen LogP contribution in [0.25, 0.3) is 79.2 Å². The largest absolute Gasteiger partial charge is 0.256 e. The van der Waals surface area contributed by atoms with Crippen molar-refractivity contribution < 1.29 is 0 Å². The molecule has 48 heavy (non-hydrogen) atoms. The Hall–Kier alpha value is -6.66. The molecule has 6 heteroatoms. The summed E-state index contributed by atoms with van der Waals surface area (Å²) in [6.45, 7) is 0. The van der Waals surface area contributed by atoms with E-state index in [0.717, 1.165) is 62.0 Å². The molecule has 5 aromatic heterocycles. The number of hydrogen-bond acceptors (Lipinski definition) is 6. The molecule has 0 saturated heterocycles. The number of benzene rings is 3. The summed E-state index contributed by atoms with van der Waals surface area (Å²) >= 11 is 0. The highest BCUT2D eigenvalue weighted by atomic mass is 14.9. The molecule has 226 valence electrons. The lowest BCUT2D eigenvalue weighted by molar-refractivity contribution is 1.13. The summed E-state index contributed by atoms with van der Waals surface area (Å²) in [6.07, 6.45) is 3.61. The highest BCUT2D eigenvalue weighted by Gasteiger charge is 2.16. The molecule has 0 radical (unpaired) electrons. The van der Waals surface area contributed by atoms with Crippen molar-refractivity contribution in [2.45, 2.75) is 0 Å². The number of rotatable bonds is 7. The van der Waals surface area contributed by atoms with Crippen LogP contribution in [0.4, 0.5) is 0 Å². The Morgan fingerprint density at radius 2 is 0.688 bits per heavy atom. The van der Waals surface area contributed by atoms with Gasteiger partial charge in [0.25, 0.3) is 0 Å². The predicted octanol–water partition coefficient (Wildman–Crippen LogP) is 9.73. The summed E-state index contributed by atoms with van der Waals surface area (Å²) in [5.74, 6) is 0.509. The van der Waals surface area contributed by atoms with Crippen LogP contribution in [0.1, 0.15) is 0 Å². The average Bonchev–Trinajstić information content (AvgIpc) is 3.19. The first-order valence-corrected chi connectivity index (χ1v) is 15.7. The van der Waals surface area contributed by atoms with E-state index in [-0.39, 0.29) is 0 Å². The summed E-state index contributed by atoms with van der Waals surface area (Å²) < 4.78 is 0. The molecule has 0 bridgehead atoms. The van der Waals surface area contributed by atoms with Crippen LogP contribution in [0, 0.1) is 0 Å². The zero-order chi connectivity index (χ0) is 32.1. The van der Waals surface area contributed by atoms with Gasteiger partial charge in [0.1, 0.15) is 5.69 Å². The van der Waals surface area contributed by atoms with E-state index in [1.54, 1.807) is 12.4 Å². The second-order valence-corrected chi connectivity index (χ2v) is 11.2. The van der Waals surface area contributed by atoms with Crippen molar-refractivity contribution in [2.75, 3.05) is 0 Å². The van der Waals surface area contributed by atoms with E-state index < -0.39 is 0 Å². The van der Waals surface area contributed by atoms with Gasteiger partial charge in [0, 0.05) is 40.2 Å². The van der Waals surface area contributed by atoms with Gasteiger partial charge in [-0.05, 0) is 72.8 Å². The summed E-state index contributed by atoms with van der Waals surface area (Å²) in [6, 6.07) is 52.5. The topological polar surface area (TPSA) is 77.3 Å². The molecule has 0 aliphatic rings. The molecule has 0 aliphatic carbocycles. The maximum absolute atomic E-state index is 5.14. The van der Waals surface area contributed by atoms with Crippen LogP contribution in [0.5, 0.6) is 0 Å². The minimum Gasteiger partial charge on any atom is -0.256 e. The standard InChI is InChI=1S/C42H28N6/c1-3-13-29(14-4-1)36-19-11-21-38(45-36)41-28-40(47-42(48-41)39-22-12-20-37(46-39)30-15-5-2-6-16-30)33-26-31(34-17-7-9-23-43-34)25-32(27-33)35-18-8-10-24-44-35/h1-28H. The van der Waals surface area contributed by atoms with E-state index in [0.29, 0.717) is 17.2 Å². The van der Waals surface area contributed by atoms with E-state index >= 15 is 0 Å². The lowest BCUT2D eigenvalue weighted by atomic mass is 9.98. The van der Waals surface area contributed by atoms with Crippen molar-refractivity contribution in [3.05, 3.63) is 170 Å². The Labute approximate surface area is 278 Å². The number of aromatic nitrogens is 6. The Bertz CT molecular complexity index is 2170. The van der Waals surface area contributed by atoms with Crippen molar-refractivity contribution in [2.24, 2.45) is 0 Å². The monoisotopic (exact) mass is 616 g/mol. The van der Waals surface area contributed by atoms with Crippen LogP contribution >= 0.6 is 0 Å². The van der Waals surface area contributed by atoms with Crippen molar-refractivity contribution >= 4 is 0 Å². The van der Waals surface area contributed by atoms with Crippen molar-refractivity contribution in [1.82, 2.24) is 29.9 Å². The molecule has 8 rings (SSSR count). The van der Waals surface area contributed by atoms with Crippen molar-refractivity contribution in [3.8, 4) is 79.2 Å². The normalized spacial score (nSPS) is 10.9. The fourth-order valence-electron chi connectivity index (χ4n) is 5.66. The SMILES string of the molecule is c1ccc(-c2cccc(-c3cc(-c4cc(-c5ccccn5)cc(-c5ccccn5)c4)nc(-c4cccc(-c5ccccc5)n4)n3)n2)cc1. The highest BCUT2D eigenvalue weighted by molar-refractivity contribution is 5.80. The minimum atomic E-state index is 0.509. The maximum Gasteiger partial charge on any atom is 0.179 e. The summed E-state index contributed by atoms with van der Waals surface area (Å²) in [5, 5.41) is 0. The van der Waals surface area contributed by atoms with Crippen LogP contribution in [-0.4, -0.2) is 29.9 Å². The first-order chi connectivity index (χ1) is 23.8. The molecule has 3 aromatic carbocycles. The Kier molecular flexibility index (Phi) is 7.79. The maximum atomic E-state index is 5.14. The number of hydrogen-bond donors (Lipinski definition) is 0. The zero-order valence-electron chi connectivity index (χ0n) is 25.8. The van der Waals surface area contributed by atoms with Gasteiger partial charge in [0.05, 0.1) is 39.9 Å². The van der Waals surface area contributed by atoms with Crippen LogP contribution in [0.2, 0.25) is 0 Å². The van der Waals surface area contributed by atoms with Crippen molar-refractivity contribution in [3.63, 3.8) is 0 Å². The molecule has 0 N–H and O–H groups in total. The minimum absolute atomic E-state index is 0.509. The van der Waals surface area contributed by atoms with Gasteiger partial charge in [0.2, 0.25) is 0 Å². The number of nitrogens with zero attached hydrogens (tertiary/aromatic N) is 6. The molecule has 0 spiro atoms. The third-order valence-corrected chi connectivity index (χ3v) is 8.01. The smallest absolute Gasteiger partial charge is 0.179 e. The fraction of sp³-hybridized carbons (Fsp3) is 0. The molecule has 8 aromatic rings. The third kappa shape index (κ3) is 6.10. The molecule has 0 saturated carbocycles. The van der Waals surface area contributed by atoms with Gasteiger partial charge < -0.3 is 0 Å². The Balaban J connectivity index is 1.33. The van der Waals surface area contributed by atoms with Crippen LogP contribution in [0.15, 0.2) is 170 Å². The molecular formula is C42H28N6. The third-order valence-electron chi connectivity index (χ3n) is 8.01. The Morgan fingerprint density at radius 1 is 0.250 bits per heavy atom. The van der Waals surface area contributed by atoms with Crippen LogP contribution in [0.3, 0.4) is 0 Å². The predicted molar refractivity (Wildman–Crippen MR) is 191 cm³/mol. The first-order valence-electron chi connectivity index (χ1n) is 15.7. The lowest BCUT2D eigenvalue weighted by Crippen LogP contribution is -2.00. The van der Waals surface area contributed by atoms with Gasteiger partial charge in [0.15, 0.2) is 5.82 Å². The van der Waals surface area contributed by atoms with E-state index in [1.807, 2.05) is 115 Å². The van der Waals surface area contributed by atoms with Gasteiger partial charge >= 0.3 is 0 Å². The Morgan fingerprint density at radius 3 is 1.23 bits per heavy atom. The van der Waals surface area contributed by atoms with Gasteiger partial charge in [-0.3, -0.25) is 9.97 Å². The van der Waals surface area contributed by atoms with Gasteiger partial charge in [-0.25, -0.2) is 19.9 Å². The zero-order valence-corrected chi connectivity index (χ0v) is 25.8. The highest BCUT2D eigenvalue weighted by Crippen LogP contribution is 2.34. The fourth-order valence-corrected chi connectivity index (χ4v) is 5.66. The summed E-state index contributed by atoms with van der Waals surface area (Å²) in [7, 11) is 0. The van der Waals surface area contributed by atoms with E-state index in [4.69, 9.17) is 19.9 Å². The van der Waals surface area contributed by atoms with Crippen molar-refractivity contribution in [1.29, 1.82) is 0 Å². The average molecular weight is 617 g/mol. The summed E-state index contributed by atoms with van der Waals surface area (Å²) in [5.41, 5.74) is 11.2. The molecule has 0 aliphatic heterocycles. The second-order valence-electron chi connectivity index (χ2n) is 11.2.